The van der Waals surface area contributed by atoms with Gasteiger partial charge in [-0.3, -0.25) is 10.1 Å². The molecule has 0 aromatic heterocycles. The van der Waals surface area contributed by atoms with Gasteiger partial charge in [-0.25, -0.2) is 0 Å². The van der Waals surface area contributed by atoms with E-state index in [-0.39, 0.29) is 16.9 Å². The SMILES string of the molecule is O=[N+]([O-])c1cccc(OC2CCCCO2)c1C=CN1CCCC1. The van der Waals surface area contributed by atoms with Gasteiger partial charge >= 0.3 is 0 Å². The fourth-order valence-electron chi connectivity index (χ4n) is 2.98. The van der Waals surface area contributed by atoms with Gasteiger partial charge in [-0.1, -0.05) is 6.07 Å². The van der Waals surface area contributed by atoms with E-state index in [2.05, 4.69) is 4.90 Å². The maximum Gasteiger partial charge on any atom is 0.280 e. The van der Waals surface area contributed by atoms with Gasteiger partial charge in [0.1, 0.15) is 5.75 Å². The van der Waals surface area contributed by atoms with Gasteiger partial charge in [-0.05, 0) is 44.0 Å². The molecular formula is C17H22N2O4. The molecule has 2 saturated heterocycles. The fraction of sp³-hybridized carbons (Fsp3) is 0.529. The largest absolute Gasteiger partial charge is 0.464 e. The van der Waals surface area contributed by atoms with Gasteiger partial charge < -0.3 is 14.4 Å². The van der Waals surface area contributed by atoms with E-state index in [1.807, 2.05) is 6.20 Å². The van der Waals surface area contributed by atoms with Gasteiger partial charge in [0.2, 0.25) is 0 Å². The molecule has 2 aliphatic heterocycles. The molecule has 0 aliphatic carbocycles. The molecule has 124 valence electrons. The van der Waals surface area contributed by atoms with Crippen LogP contribution in [0.1, 0.15) is 37.7 Å². The van der Waals surface area contributed by atoms with Crippen LogP contribution in [0.5, 0.6) is 5.75 Å². The molecule has 1 unspecified atom stereocenters. The molecule has 1 aromatic carbocycles. The molecule has 0 bridgehead atoms. The standard InChI is InChI=1S/C17H22N2O4/c20-19(21)15-6-5-7-16(23-17-8-1-4-13-22-17)14(15)9-12-18-10-2-3-11-18/h5-7,9,12,17H,1-4,8,10-11,13H2. The zero-order valence-corrected chi connectivity index (χ0v) is 13.1. The molecule has 6 heteroatoms. The van der Waals surface area contributed by atoms with Crippen molar-refractivity contribution in [2.24, 2.45) is 0 Å². The van der Waals surface area contributed by atoms with Crippen LogP contribution in [0.25, 0.3) is 6.08 Å². The number of benzene rings is 1. The van der Waals surface area contributed by atoms with Crippen molar-refractivity contribution in [3.8, 4) is 5.75 Å². The zero-order valence-electron chi connectivity index (χ0n) is 13.1. The van der Waals surface area contributed by atoms with Gasteiger partial charge in [-0.2, -0.15) is 0 Å². The molecule has 1 atom stereocenters. The molecule has 3 rings (SSSR count). The first-order valence-corrected chi connectivity index (χ1v) is 8.22. The van der Waals surface area contributed by atoms with E-state index in [4.69, 9.17) is 9.47 Å². The van der Waals surface area contributed by atoms with Crippen LogP contribution in [-0.2, 0) is 4.74 Å². The lowest BCUT2D eigenvalue weighted by molar-refractivity contribution is -0.385. The summed E-state index contributed by atoms with van der Waals surface area (Å²) in [5, 5.41) is 11.3. The van der Waals surface area contributed by atoms with E-state index < -0.39 is 0 Å². The van der Waals surface area contributed by atoms with Crippen molar-refractivity contribution in [3.05, 3.63) is 40.1 Å². The van der Waals surface area contributed by atoms with Gasteiger partial charge in [0.15, 0.2) is 6.29 Å². The third-order valence-corrected chi connectivity index (χ3v) is 4.23. The molecule has 0 saturated carbocycles. The minimum Gasteiger partial charge on any atom is -0.464 e. The van der Waals surface area contributed by atoms with Crippen LogP contribution in [0.4, 0.5) is 5.69 Å². The van der Waals surface area contributed by atoms with Gasteiger partial charge in [0.05, 0.1) is 17.1 Å². The average molecular weight is 318 g/mol. The van der Waals surface area contributed by atoms with Gasteiger partial charge in [0.25, 0.3) is 5.69 Å². The average Bonchev–Trinajstić information content (AvgIpc) is 3.08. The third kappa shape index (κ3) is 4.01. The summed E-state index contributed by atoms with van der Waals surface area (Å²) in [7, 11) is 0. The van der Waals surface area contributed by atoms with Crippen molar-refractivity contribution in [1.29, 1.82) is 0 Å². The van der Waals surface area contributed by atoms with Crippen LogP contribution in [0, 0.1) is 10.1 Å². The van der Waals surface area contributed by atoms with Gasteiger partial charge in [-0.15, -0.1) is 0 Å². The van der Waals surface area contributed by atoms with Crippen LogP contribution < -0.4 is 4.74 Å². The number of ether oxygens (including phenoxy) is 2. The first-order chi connectivity index (χ1) is 11.2. The van der Waals surface area contributed by atoms with E-state index in [0.29, 0.717) is 17.9 Å². The summed E-state index contributed by atoms with van der Waals surface area (Å²) in [6.45, 7) is 2.68. The Morgan fingerprint density at radius 3 is 2.78 bits per heavy atom. The number of rotatable bonds is 5. The molecule has 0 radical (unpaired) electrons. The molecule has 1 aromatic rings. The second-order valence-electron chi connectivity index (χ2n) is 5.92. The molecule has 2 aliphatic rings. The first-order valence-electron chi connectivity index (χ1n) is 8.22. The Hall–Kier alpha value is -2.08. The van der Waals surface area contributed by atoms with E-state index >= 15 is 0 Å². The fourth-order valence-corrected chi connectivity index (χ4v) is 2.98. The normalized spacial score (nSPS) is 21.7. The summed E-state index contributed by atoms with van der Waals surface area (Å²) in [6, 6.07) is 4.94. The zero-order chi connectivity index (χ0) is 16.1. The Kier molecular flexibility index (Phi) is 5.12. The second-order valence-corrected chi connectivity index (χ2v) is 5.92. The highest BCUT2D eigenvalue weighted by Crippen LogP contribution is 2.32. The lowest BCUT2D eigenvalue weighted by atomic mass is 10.1. The molecule has 6 nitrogen and oxygen atoms in total. The molecule has 0 spiro atoms. The first kappa shape index (κ1) is 15.8. The summed E-state index contributed by atoms with van der Waals surface area (Å²) < 4.78 is 11.5. The maximum atomic E-state index is 11.3. The van der Waals surface area contributed by atoms with Crippen molar-refractivity contribution < 1.29 is 14.4 Å². The van der Waals surface area contributed by atoms with Crippen LogP contribution in [0.3, 0.4) is 0 Å². The predicted molar refractivity (Wildman–Crippen MR) is 87.2 cm³/mol. The highest BCUT2D eigenvalue weighted by Gasteiger charge is 2.21. The molecule has 2 fully saturated rings. The van der Waals surface area contributed by atoms with E-state index in [0.717, 1.165) is 32.4 Å². The number of nitrogens with zero attached hydrogens (tertiary/aromatic N) is 2. The number of hydrogen-bond acceptors (Lipinski definition) is 5. The monoisotopic (exact) mass is 318 g/mol. The van der Waals surface area contributed by atoms with Crippen molar-refractivity contribution in [3.63, 3.8) is 0 Å². The Bertz CT molecular complexity index is 576. The van der Waals surface area contributed by atoms with Crippen LogP contribution in [0.2, 0.25) is 0 Å². The highest BCUT2D eigenvalue weighted by atomic mass is 16.7. The predicted octanol–water partition coefficient (Wildman–Crippen LogP) is 3.57. The molecule has 0 N–H and O–H groups in total. The summed E-state index contributed by atoms with van der Waals surface area (Å²) >= 11 is 0. The maximum absolute atomic E-state index is 11.3. The summed E-state index contributed by atoms with van der Waals surface area (Å²) in [4.78, 5) is 13.1. The van der Waals surface area contributed by atoms with Crippen molar-refractivity contribution in [2.75, 3.05) is 19.7 Å². The minimum atomic E-state index is -0.363. The molecular weight excluding hydrogens is 296 g/mol. The Morgan fingerprint density at radius 2 is 2.09 bits per heavy atom. The van der Waals surface area contributed by atoms with E-state index in [1.165, 1.54) is 18.9 Å². The van der Waals surface area contributed by atoms with E-state index in [1.54, 1.807) is 18.2 Å². The number of likely N-dealkylation sites (tertiary alicyclic amines) is 1. The van der Waals surface area contributed by atoms with Crippen molar-refractivity contribution >= 4 is 11.8 Å². The summed E-state index contributed by atoms with van der Waals surface area (Å²) in [6.07, 6.45) is 8.66. The highest BCUT2D eigenvalue weighted by molar-refractivity contribution is 5.67. The molecule has 2 heterocycles. The second kappa shape index (κ2) is 7.46. The smallest absolute Gasteiger partial charge is 0.280 e. The quantitative estimate of drug-likeness (QED) is 0.613. The number of nitro groups is 1. The Labute approximate surface area is 135 Å². The van der Waals surface area contributed by atoms with Crippen LogP contribution >= 0.6 is 0 Å². The lowest BCUT2D eigenvalue weighted by Crippen LogP contribution is -2.25. The lowest BCUT2D eigenvalue weighted by Gasteiger charge is -2.24. The Balaban J connectivity index is 1.84. The molecule has 0 amide bonds. The van der Waals surface area contributed by atoms with Crippen LogP contribution in [-0.4, -0.2) is 35.8 Å². The third-order valence-electron chi connectivity index (χ3n) is 4.23. The summed E-state index contributed by atoms with van der Waals surface area (Å²) in [5.74, 6) is 0.515. The van der Waals surface area contributed by atoms with Crippen LogP contribution in [0.15, 0.2) is 24.4 Å². The topological polar surface area (TPSA) is 64.8 Å². The Morgan fingerprint density at radius 1 is 1.26 bits per heavy atom. The van der Waals surface area contributed by atoms with E-state index in [9.17, 15) is 10.1 Å². The van der Waals surface area contributed by atoms with Crippen molar-refractivity contribution in [2.45, 2.75) is 38.4 Å². The molecule has 23 heavy (non-hydrogen) atoms. The van der Waals surface area contributed by atoms with Crippen molar-refractivity contribution in [1.82, 2.24) is 4.90 Å². The summed E-state index contributed by atoms with van der Waals surface area (Å²) in [5.41, 5.74) is 0.576. The van der Waals surface area contributed by atoms with Gasteiger partial charge in [0, 0.05) is 25.6 Å². The minimum absolute atomic E-state index is 0.0637. The number of hydrogen-bond donors (Lipinski definition) is 0. The number of nitro benzene ring substituents is 1.